The summed E-state index contributed by atoms with van der Waals surface area (Å²) in [4.78, 5) is 7.69. The zero-order chi connectivity index (χ0) is 13.1. The van der Waals surface area contributed by atoms with Gasteiger partial charge >= 0.3 is 0 Å². The van der Waals surface area contributed by atoms with E-state index in [0.29, 0.717) is 18.0 Å². The van der Waals surface area contributed by atoms with E-state index in [4.69, 9.17) is 27.9 Å². The molecule has 1 aromatic heterocycles. The Labute approximate surface area is 114 Å². The second-order valence-electron chi connectivity index (χ2n) is 3.52. The van der Waals surface area contributed by atoms with Crippen LogP contribution in [-0.4, -0.2) is 17.1 Å². The monoisotopic (exact) mass is 286 g/mol. The third-order valence-electron chi connectivity index (χ3n) is 2.36. The molecule has 1 aromatic carbocycles. The van der Waals surface area contributed by atoms with Gasteiger partial charge in [-0.15, -0.1) is 0 Å². The number of hydrogen-bond donors (Lipinski definition) is 0. The number of ether oxygens (including phenoxy) is 1. The molecule has 94 valence electrons. The molecule has 0 amide bonds. The van der Waals surface area contributed by atoms with Gasteiger partial charge in [0.2, 0.25) is 0 Å². The minimum atomic E-state index is -0.804. The molecular formula is C12H9Cl2FN2O. The zero-order valence-electron chi connectivity index (χ0n) is 9.45. The minimum absolute atomic E-state index is 0.278. The van der Waals surface area contributed by atoms with Crippen LogP contribution in [0.5, 0.6) is 5.75 Å². The Morgan fingerprint density at radius 1 is 1.17 bits per heavy atom. The highest BCUT2D eigenvalue weighted by Gasteiger charge is 2.12. The molecule has 0 aliphatic heterocycles. The Balaban J connectivity index is 2.34. The molecule has 0 spiro atoms. The predicted octanol–water partition coefficient (Wildman–Crippen LogP) is 3.52. The van der Waals surface area contributed by atoms with Gasteiger partial charge in [0.1, 0.15) is 11.6 Å². The Kier molecular flexibility index (Phi) is 3.99. The molecule has 0 atom stereocenters. The Morgan fingerprint density at radius 3 is 2.39 bits per heavy atom. The SMILES string of the molecule is COc1ccccc1Cc1nc(Cl)c(F)c(Cl)n1. The molecule has 0 radical (unpaired) electrons. The van der Waals surface area contributed by atoms with Gasteiger partial charge in [-0.1, -0.05) is 41.4 Å². The van der Waals surface area contributed by atoms with Crippen LogP contribution < -0.4 is 4.74 Å². The summed E-state index contributed by atoms with van der Waals surface area (Å²) in [7, 11) is 1.57. The second-order valence-corrected chi connectivity index (χ2v) is 4.24. The molecule has 1 heterocycles. The maximum Gasteiger partial charge on any atom is 0.197 e. The lowest BCUT2D eigenvalue weighted by Crippen LogP contribution is -2.01. The summed E-state index contributed by atoms with van der Waals surface area (Å²) in [5.41, 5.74) is 0.874. The topological polar surface area (TPSA) is 35.0 Å². The van der Waals surface area contributed by atoms with E-state index in [9.17, 15) is 4.39 Å². The highest BCUT2D eigenvalue weighted by molar-refractivity contribution is 6.33. The van der Waals surface area contributed by atoms with Gasteiger partial charge in [-0.3, -0.25) is 0 Å². The number of benzene rings is 1. The number of rotatable bonds is 3. The fourth-order valence-corrected chi connectivity index (χ4v) is 1.96. The molecule has 0 saturated carbocycles. The van der Waals surface area contributed by atoms with Crippen LogP contribution in [0.1, 0.15) is 11.4 Å². The molecule has 0 unspecified atom stereocenters. The van der Waals surface area contributed by atoms with Gasteiger partial charge in [-0.2, -0.15) is 0 Å². The van der Waals surface area contributed by atoms with Crippen LogP contribution in [0.4, 0.5) is 4.39 Å². The first-order valence-electron chi connectivity index (χ1n) is 5.11. The number of methoxy groups -OCH3 is 1. The fourth-order valence-electron chi connectivity index (χ4n) is 1.53. The van der Waals surface area contributed by atoms with Crippen molar-refractivity contribution in [3.05, 3.63) is 51.8 Å². The molecule has 2 aromatic rings. The minimum Gasteiger partial charge on any atom is -0.496 e. The Morgan fingerprint density at radius 2 is 1.78 bits per heavy atom. The first kappa shape index (κ1) is 13.1. The summed E-state index contributed by atoms with van der Waals surface area (Å²) < 4.78 is 18.4. The van der Waals surface area contributed by atoms with Gasteiger partial charge < -0.3 is 4.74 Å². The lowest BCUT2D eigenvalue weighted by molar-refractivity contribution is 0.410. The summed E-state index contributed by atoms with van der Waals surface area (Å²) >= 11 is 11.2. The first-order chi connectivity index (χ1) is 8.61. The molecule has 0 N–H and O–H groups in total. The molecule has 0 bridgehead atoms. The van der Waals surface area contributed by atoms with Gasteiger partial charge in [0, 0.05) is 12.0 Å². The van der Waals surface area contributed by atoms with Gasteiger partial charge in [-0.25, -0.2) is 14.4 Å². The van der Waals surface area contributed by atoms with Crippen molar-refractivity contribution in [1.29, 1.82) is 0 Å². The molecule has 2 rings (SSSR count). The number of aromatic nitrogens is 2. The largest absolute Gasteiger partial charge is 0.496 e. The van der Waals surface area contributed by atoms with Crippen LogP contribution >= 0.6 is 23.2 Å². The van der Waals surface area contributed by atoms with Crippen LogP contribution in [0.2, 0.25) is 10.3 Å². The van der Waals surface area contributed by atoms with E-state index < -0.39 is 5.82 Å². The van der Waals surface area contributed by atoms with E-state index in [0.717, 1.165) is 5.56 Å². The summed E-state index contributed by atoms with van der Waals surface area (Å²) in [5.74, 6) is 0.246. The zero-order valence-corrected chi connectivity index (χ0v) is 11.0. The third-order valence-corrected chi connectivity index (χ3v) is 2.86. The molecule has 0 saturated heterocycles. The molecule has 6 heteroatoms. The van der Waals surface area contributed by atoms with Crippen molar-refractivity contribution < 1.29 is 9.13 Å². The van der Waals surface area contributed by atoms with Crippen LogP contribution in [0, 0.1) is 5.82 Å². The summed E-state index contributed by atoms with van der Waals surface area (Å²) in [6.07, 6.45) is 0.365. The van der Waals surface area contributed by atoms with Crippen LogP contribution in [0.15, 0.2) is 24.3 Å². The number of para-hydroxylation sites is 1. The Hall–Kier alpha value is -1.39. The standard InChI is InChI=1S/C12H9Cl2FN2O/c1-18-8-5-3-2-4-7(8)6-9-16-11(13)10(15)12(14)17-9/h2-5H,6H2,1H3. The highest BCUT2D eigenvalue weighted by Crippen LogP contribution is 2.23. The predicted molar refractivity (Wildman–Crippen MR) is 67.8 cm³/mol. The van der Waals surface area contributed by atoms with Crippen molar-refractivity contribution in [2.45, 2.75) is 6.42 Å². The smallest absolute Gasteiger partial charge is 0.197 e. The van der Waals surface area contributed by atoms with Crippen molar-refractivity contribution in [2.24, 2.45) is 0 Å². The number of nitrogens with zero attached hydrogens (tertiary/aromatic N) is 2. The molecule has 0 fully saturated rings. The van der Waals surface area contributed by atoms with E-state index in [1.54, 1.807) is 7.11 Å². The maximum atomic E-state index is 13.2. The van der Waals surface area contributed by atoms with Crippen molar-refractivity contribution in [1.82, 2.24) is 9.97 Å². The lowest BCUT2D eigenvalue weighted by Gasteiger charge is -2.07. The lowest BCUT2D eigenvalue weighted by atomic mass is 10.1. The van der Waals surface area contributed by atoms with Crippen molar-refractivity contribution in [2.75, 3.05) is 7.11 Å². The van der Waals surface area contributed by atoms with E-state index in [1.807, 2.05) is 24.3 Å². The van der Waals surface area contributed by atoms with Crippen molar-refractivity contribution in [3.8, 4) is 5.75 Å². The van der Waals surface area contributed by atoms with E-state index in [2.05, 4.69) is 9.97 Å². The molecular weight excluding hydrogens is 278 g/mol. The van der Waals surface area contributed by atoms with Crippen LogP contribution in [-0.2, 0) is 6.42 Å². The van der Waals surface area contributed by atoms with E-state index >= 15 is 0 Å². The third kappa shape index (κ3) is 2.71. The second kappa shape index (κ2) is 5.50. The van der Waals surface area contributed by atoms with Crippen molar-refractivity contribution >= 4 is 23.2 Å². The average Bonchev–Trinajstić information content (AvgIpc) is 2.36. The Bertz CT molecular complexity index is 555. The van der Waals surface area contributed by atoms with Gasteiger partial charge in [0.25, 0.3) is 0 Å². The van der Waals surface area contributed by atoms with Crippen molar-refractivity contribution in [3.63, 3.8) is 0 Å². The van der Waals surface area contributed by atoms with Gasteiger partial charge in [0.15, 0.2) is 16.1 Å². The fraction of sp³-hybridized carbons (Fsp3) is 0.167. The summed E-state index contributed by atoms with van der Waals surface area (Å²) in [6, 6.07) is 7.41. The summed E-state index contributed by atoms with van der Waals surface area (Å²) in [6.45, 7) is 0. The molecule has 0 aliphatic rings. The highest BCUT2D eigenvalue weighted by atomic mass is 35.5. The number of halogens is 3. The van der Waals surface area contributed by atoms with E-state index in [1.165, 1.54) is 0 Å². The number of hydrogen-bond acceptors (Lipinski definition) is 3. The molecule has 18 heavy (non-hydrogen) atoms. The van der Waals surface area contributed by atoms with E-state index in [-0.39, 0.29) is 10.3 Å². The average molecular weight is 287 g/mol. The molecule has 0 aliphatic carbocycles. The first-order valence-corrected chi connectivity index (χ1v) is 5.86. The normalized spacial score (nSPS) is 10.4. The van der Waals surface area contributed by atoms with Crippen LogP contribution in [0.25, 0.3) is 0 Å². The maximum absolute atomic E-state index is 13.2. The van der Waals surface area contributed by atoms with Gasteiger partial charge in [0.05, 0.1) is 7.11 Å². The quantitative estimate of drug-likeness (QED) is 0.810. The summed E-state index contributed by atoms with van der Waals surface area (Å²) in [5, 5.41) is -0.556. The van der Waals surface area contributed by atoms with Gasteiger partial charge in [-0.05, 0) is 6.07 Å². The molecule has 3 nitrogen and oxygen atoms in total. The van der Waals surface area contributed by atoms with Crippen LogP contribution in [0.3, 0.4) is 0 Å².